The Morgan fingerprint density at radius 2 is 2.07 bits per heavy atom. The van der Waals surface area contributed by atoms with Crippen molar-refractivity contribution in [1.82, 2.24) is 25.2 Å². The third-order valence-electron chi connectivity index (χ3n) is 10.8. The van der Waals surface area contributed by atoms with Crippen LogP contribution in [0.5, 0.6) is 17.6 Å². The number of aromatic nitrogens is 3. The molecule has 4 fully saturated rings. The third kappa shape index (κ3) is 4.06. The van der Waals surface area contributed by atoms with Crippen molar-refractivity contribution >= 4 is 27.5 Å². The van der Waals surface area contributed by atoms with E-state index < -0.39 is 6.17 Å². The zero-order chi connectivity index (χ0) is 29.6. The fraction of sp³-hybridized carbons (Fsp3) is 0.500. The minimum Gasteiger partial charge on any atom is -0.508 e. The number of fused-ring (bicyclic) bond motifs is 7. The second-order valence-electron chi connectivity index (χ2n) is 13.3. The highest BCUT2D eigenvalue weighted by molar-refractivity contribution is 6.02. The van der Waals surface area contributed by atoms with Crippen LogP contribution in [0.25, 0.3) is 32.9 Å². The Labute approximate surface area is 255 Å². The molecule has 4 aromatic rings. The second-order valence-corrected chi connectivity index (χ2v) is 13.3. The molecule has 44 heavy (non-hydrogen) atoms. The van der Waals surface area contributed by atoms with E-state index in [9.17, 15) is 9.50 Å². The molecule has 4 saturated heterocycles. The third-order valence-corrected chi connectivity index (χ3v) is 10.8. The van der Waals surface area contributed by atoms with Gasteiger partial charge in [0.05, 0.1) is 22.8 Å². The highest BCUT2D eigenvalue weighted by Gasteiger charge is 2.50. The van der Waals surface area contributed by atoms with Crippen LogP contribution in [0.4, 0.5) is 10.2 Å². The Morgan fingerprint density at radius 3 is 2.98 bits per heavy atom. The van der Waals surface area contributed by atoms with E-state index in [1.807, 2.05) is 18.2 Å². The number of anilines is 1. The summed E-state index contributed by atoms with van der Waals surface area (Å²) in [7, 11) is 0. The lowest BCUT2D eigenvalue weighted by molar-refractivity contribution is 0.107. The van der Waals surface area contributed by atoms with Crippen LogP contribution in [0.15, 0.2) is 36.4 Å². The molecule has 2 aromatic heterocycles. The summed E-state index contributed by atoms with van der Waals surface area (Å²) in [5, 5.41) is 17.3. The first-order valence-electron chi connectivity index (χ1n) is 16.1. The van der Waals surface area contributed by atoms with Crippen LogP contribution in [0.3, 0.4) is 0 Å². The first kappa shape index (κ1) is 26.6. The van der Waals surface area contributed by atoms with Crippen LogP contribution in [0.2, 0.25) is 0 Å². The monoisotopic (exact) mass is 596 g/mol. The summed E-state index contributed by atoms with van der Waals surface area (Å²) >= 11 is 0. The molecule has 228 valence electrons. The lowest BCUT2D eigenvalue weighted by atomic mass is 9.95. The maximum Gasteiger partial charge on any atom is 0.319 e. The van der Waals surface area contributed by atoms with Crippen LogP contribution in [-0.2, 0) is 6.42 Å². The van der Waals surface area contributed by atoms with Gasteiger partial charge >= 0.3 is 6.01 Å². The summed E-state index contributed by atoms with van der Waals surface area (Å²) in [5.41, 5.74) is 3.10. The van der Waals surface area contributed by atoms with Crippen LogP contribution < -0.4 is 19.7 Å². The number of hydrogen-bond donors (Lipinski definition) is 2. The van der Waals surface area contributed by atoms with Crippen molar-refractivity contribution in [2.24, 2.45) is 0 Å². The average molecular weight is 597 g/mol. The van der Waals surface area contributed by atoms with E-state index in [-0.39, 0.29) is 17.3 Å². The number of alkyl halides is 1. The van der Waals surface area contributed by atoms with E-state index in [0.717, 1.165) is 72.7 Å². The van der Waals surface area contributed by atoms with Gasteiger partial charge in [-0.15, -0.1) is 0 Å². The fourth-order valence-corrected chi connectivity index (χ4v) is 8.73. The van der Waals surface area contributed by atoms with Gasteiger partial charge in [0.15, 0.2) is 0 Å². The van der Waals surface area contributed by atoms with E-state index in [1.54, 1.807) is 12.1 Å². The van der Waals surface area contributed by atoms with Gasteiger partial charge in [-0.1, -0.05) is 25.1 Å². The van der Waals surface area contributed by atoms with Gasteiger partial charge in [-0.05, 0) is 73.2 Å². The minimum atomic E-state index is -0.823. The second kappa shape index (κ2) is 9.87. The molecule has 2 N–H and O–H groups in total. The number of benzene rings is 2. The van der Waals surface area contributed by atoms with Gasteiger partial charge in [0.25, 0.3) is 0 Å². The van der Waals surface area contributed by atoms with Gasteiger partial charge in [0.2, 0.25) is 5.88 Å². The van der Waals surface area contributed by atoms with Crippen LogP contribution in [-0.4, -0.2) is 87.6 Å². The van der Waals surface area contributed by atoms with Gasteiger partial charge in [-0.3, -0.25) is 4.90 Å². The van der Waals surface area contributed by atoms with Gasteiger partial charge in [0, 0.05) is 37.2 Å². The molecule has 5 aliphatic rings. The summed E-state index contributed by atoms with van der Waals surface area (Å²) in [6.45, 7) is 5.21. The summed E-state index contributed by atoms with van der Waals surface area (Å²) in [6, 6.07) is 12.9. The Kier molecular flexibility index (Phi) is 5.97. The van der Waals surface area contributed by atoms with Crippen molar-refractivity contribution in [3.05, 3.63) is 42.0 Å². The number of aromatic hydroxyl groups is 1. The maximum atomic E-state index is 14.5. The summed E-state index contributed by atoms with van der Waals surface area (Å²) in [5.74, 6) is 1.49. The zero-order valence-electron chi connectivity index (χ0n) is 24.9. The van der Waals surface area contributed by atoms with Crippen molar-refractivity contribution < 1.29 is 19.0 Å². The molecule has 9 nitrogen and oxygen atoms in total. The van der Waals surface area contributed by atoms with E-state index >= 15 is 0 Å². The minimum absolute atomic E-state index is 0.108. The molecular formula is C34H37FN6O3. The predicted molar refractivity (Wildman–Crippen MR) is 166 cm³/mol. The quantitative estimate of drug-likeness (QED) is 0.338. The SMILES string of the molecule is CCc1cccc2cc(O)cc(-c3cc4nc(OCC56CCCN5CC(F)C6)nc5c4c(n3)OCC3C4CCC(CN53)N4)c12. The number of nitrogens with zero attached hydrogens (tertiary/aromatic N) is 5. The highest BCUT2D eigenvalue weighted by atomic mass is 19.1. The molecule has 2 bridgehead atoms. The van der Waals surface area contributed by atoms with Crippen molar-refractivity contribution in [2.45, 2.75) is 75.3 Å². The maximum absolute atomic E-state index is 14.5. The number of hydrogen-bond acceptors (Lipinski definition) is 9. The van der Waals surface area contributed by atoms with E-state index in [0.29, 0.717) is 61.4 Å². The highest BCUT2D eigenvalue weighted by Crippen LogP contribution is 2.44. The predicted octanol–water partition coefficient (Wildman–Crippen LogP) is 4.77. The van der Waals surface area contributed by atoms with Gasteiger partial charge < -0.3 is 24.8 Å². The topological polar surface area (TPSA) is 95.9 Å². The Bertz CT molecular complexity index is 1800. The number of halogens is 1. The molecule has 0 radical (unpaired) electrons. The van der Waals surface area contributed by atoms with Crippen molar-refractivity contribution in [3.8, 4) is 28.9 Å². The number of pyridine rings is 1. The van der Waals surface area contributed by atoms with E-state index in [4.69, 9.17) is 24.4 Å². The molecule has 10 heteroatoms. The summed E-state index contributed by atoms with van der Waals surface area (Å²) in [6.07, 6.45) is 4.73. The summed E-state index contributed by atoms with van der Waals surface area (Å²) in [4.78, 5) is 19.7. The Morgan fingerprint density at radius 1 is 1.14 bits per heavy atom. The Balaban J connectivity index is 1.21. The number of nitrogens with one attached hydrogen (secondary N) is 1. The van der Waals surface area contributed by atoms with Gasteiger partial charge in [-0.2, -0.15) is 9.97 Å². The average Bonchev–Trinajstić information content (AvgIpc) is 3.66. The standard InChI is InChI=1S/C34H37FN6O3/c1-2-19-5-3-6-20-11-23(42)12-24(29(19)20)26-13-27-30-31(41-16-22-7-8-25(36-22)28(41)17-43-32(30)37-26)39-33(38-27)44-18-34-9-4-10-40(34)15-21(35)14-34/h3,5-6,11-13,21-22,25,28,36,42H,2,4,7-10,14-18H2,1H3. The van der Waals surface area contributed by atoms with Crippen LogP contribution in [0, 0.1) is 0 Å². The number of rotatable bonds is 5. The lowest BCUT2D eigenvalue weighted by Gasteiger charge is -2.40. The summed E-state index contributed by atoms with van der Waals surface area (Å²) < 4.78 is 27.5. The van der Waals surface area contributed by atoms with Gasteiger partial charge in [0.1, 0.15) is 36.3 Å². The number of aryl methyl sites for hydroxylation is 1. The Hall–Kier alpha value is -3.76. The zero-order valence-corrected chi connectivity index (χ0v) is 24.9. The molecule has 7 heterocycles. The smallest absolute Gasteiger partial charge is 0.319 e. The van der Waals surface area contributed by atoms with E-state index in [2.05, 4.69) is 28.1 Å². The molecule has 5 aliphatic heterocycles. The van der Waals surface area contributed by atoms with E-state index in [1.165, 1.54) is 5.56 Å². The fourth-order valence-electron chi connectivity index (χ4n) is 8.73. The molecule has 0 amide bonds. The molecule has 0 aliphatic carbocycles. The number of phenolic OH excluding ortho intramolecular Hbond substituents is 1. The first-order valence-corrected chi connectivity index (χ1v) is 16.1. The lowest BCUT2D eigenvalue weighted by Crippen LogP contribution is -2.60. The number of piperazine rings is 1. The molecule has 9 rings (SSSR count). The number of ether oxygens (including phenoxy) is 2. The molecule has 0 spiro atoms. The molecule has 5 atom stereocenters. The normalized spacial score (nSPS) is 29.1. The molecule has 2 aromatic carbocycles. The first-order chi connectivity index (χ1) is 21.5. The van der Waals surface area contributed by atoms with Crippen molar-refractivity contribution in [2.75, 3.05) is 37.7 Å². The largest absolute Gasteiger partial charge is 0.508 e. The van der Waals surface area contributed by atoms with Crippen LogP contribution >= 0.6 is 0 Å². The molecule has 5 unspecified atom stereocenters. The van der Waals surface area contributed by atoms with Crippen molar-refractivity contribution in [1.29, 1.82) is 0 Å². The van der Waals surface area contributed by atoms with Gasteiger partial charge in [-0.25, -0.2) is 9.37 Å². The number of phenols is 1. The van der Waals surface area contributed by atoms with Crippen molar-refractivity contribution in [3.63, 3.8) is 0 Å². The van der Waals surface area contributed by atoms with Crippen LogP contribution in [0.1, 0.15) is 44.6 Å². The molecular weight excluding hydrogens is 559 g/mol. The molecule has 0 saturated carbocycles.